The summed E-state index contributed by atoms with van der Waals surface area (Å²) in [6.45, 7) is 6.59. The Morgan fingerprint density at radius 3 is 2.12 bits per heavy atom. The van der Waals surface area contributed by atoms with Crippen molar-refractivity contribution in [1.82, 2.24) is 0 Å². The highest BCUT2D eigenvalue weighted by molar-refractivity contribution is 7.90. The van der Waals surface area contributed by atoms with Crippen LogP contribution in [0.3, 0.4) is 0 Å². The number of ether oxygens (including phenoxy) is 1. The van der Waals surface area contributed by atoms with Crippen LogP contribution in [0.15, 0.2) is 83.8 Å². The molecule has 0 aliphatic carbocycles. The van der Waals surface area contributed by atoms with Crippen LogP contribution in [0.5, 0.6) is 0 Å². The van der Waals surface area contributed by atoms with Gasteiger partial charge in [-0.3, -0.25) is 0 Å². The molecule has 7 heteroatoms. The Bertz CT molecular complexity index is 1190. The molecule has 2 atom stereocenters. The van der Waals surface area contributed by atoms with Crippen molar-refractivity contribution in [3.05, 3.63) is 95.0 Å². The van der Waals surface area contributed by atoms with E-state index in [1.54, 1.807) is 48.5 Å². The molecule has 0 bridgehead atoms. The smallest absolute Gasteiger partial charge is 0.338 e. The number of carbonyl (C=O) groups excluding carboxylic acids is 1. The van der Waals surface area contributed by atoms with Gasteiger partial charge in [0.1, 0.15) is 6.10 Å². The topological polar surface area (TPSA) is 60.4 Å². The summed E-state index contributed by atoms with van der Waals surface area (Å²) in [7, 11) is -5.40. The number of rotatable bonds is 7. The van der Waals surface area contributed by atoms with Gasteiger partial charge in [-0.25, -0.2) is 13.2 Å². The lowest BCUT2D eigenvalue weighted by molar-refractivity contribution is 0.0284. The Hall–Kier alpha value is -2.41. The van der Waals surface area contributed by atoms with Gasteiger partial charge in [0.25, 0.3) is 0 Å². The van der Waals surface area contributed by atoms with Gasteiger partial charge in [-0.15, -0.1) is 0 Å². The summed E-state index contributed by atoms with van der Waals surface area (Å²) in [5.41, 5.74) is 1.15. The van der Waals surface area contributed by atoms with E-state index in [2.05, 4.69) is 32.2 Å². The Kier molecular flexibility index (Phi) is 7.28. The van der Waals surface area contributed by atoms with E-state index in [4.69, 9.17) is 16.3 Å². The van der Waals surface area contributed by atoms with E-state index in [1.165, 1.54) is 11.4 Å². The van der Waals surface area contributed by atoms with Gasteiger partial charge in [0.2, 0.25) is 0 Å². The Morgan fingerprint density at radius 2 is 1.56 bits per heavy atom. The normalized spacial score (nSPS) is 13.9. The number of benzene rings is 3. The molecular formula is C25H27ClO4SSi. The second-order valence-corrected chi connectivity index (χ2v) is 15.9. The van der Waals surface area contributed by atoms with Crippen molar-refractivity contribution in [2.75, 3.05) is 6.26 Å². The number of halogens is 1. The van der Waals surface area contributed by atoms with Crippen LogP contribution >= 0.6 is 11.6 Å². The molecule has 0 fully saturated rings. The van der Waals surface area contributed by atoms with Crippen molar-refractivity contribution in [2.45, 2.75) is 36.6 Å². The van der Waals surface area contributed by atoms with Crippen LogP contribution in [0.25, 0.3) is 0 Å². The molecule has 168 valence electrons. The maximum absolute atomic E-state index is 13.0. The molecule has 3 aromatic rings. The number of sulfone groups is 1. The molecule has 0 N–H and O–H groups in total. The van der Waals surface area contributed by atoms with Crippen molar-refractivity contribution >= 4 is 40.7 Å². The monoisotopic (exact) mass is 486 g/mol. The van der Waals surface area contributed by atoms with Crippen molar-refractivity contribution < 1.29 is 17.9 Å². The van der Waals surface area contributed by atoms with Gasteiger partial charge in [0.15, 0.2) is 9.84 Å². The summed E-state index contributed by atoms with van der Waals surface area (Å²) in [5.74, 6) is -0.464. The molecule has 4 nitrogen and oxygen atoms in total. The zero-order valence-electron chi connectivity index (χ0n) is 18.6. The van der Waals surface area contributed by atoms with Gasteiger partial charge >= 0.3 is 5.97 Å². The van der Waals surface area contributed by atoms with Crippen LogP contribution in [0.4, 0.5) is 0 Å². The van der Waals surface area contributed by atoms with Crippen molar-refractivity contribution in [1.29, 1.82) is 0 Å². The van der Waals surface area contributed by atoms with E-state index >= 15 is 0 Å². The van der Waals surface area contributed by atoms with E-state index in [0.29, 0.717) is 10.6 Å². The maximum Gasteiger partial charge on any atom is 0.338 e. The quantitative estimate of drug-likeness (QED) is 0.320. The second kappa shape index (κ2) is 9.61. The summed E-state index contributed by atoms with van der Waals surface area (Å²) >= 11 is 6.06. The third-order valence-corrected chi connectivity index (χ3v) is 11.8. The Labute approximate surface area is 196 Å². The van der Waals surface area contributed by atoms with Gasteiger partial charge in [0, 0.05) is 11.3 Å². The number of hydrogen-bond acceptors (Lipinski definition) is 4. The van der Waals surface area contributed by atoms with E-state index in [0.717, 1.165) is 5.56 Å². The largest absolute Gasteiger partial charge is 0.454 e. The minimum Gasteiger partial charge on any atom is -0.454 e. The number of carbonyl (C=O) groups is 1. The van der Waals surface area contributed by atoms with Crippen LogP contribution < -0.4 is 5.19 Å². The first-order valence-corrected chi connectivity index (χ1v) is 15.7. The highest BCUT2D eigenvalue weighted by Crippen LogP contribution is 2.38. The van der Waals surface area contributed by atoms with Crippen LogP contribution in [0, 0.1) is 0 Å². The van der Waals surface area contributed by atoms with Crippen molar-refractivity contribution in [3.8, 4) is 0 Å². The first-order valence-electron chi connectivity index (χ1n) is 10.3. The lowest BCUT2D eigenvalue weighted by atomic mass is 10.1. The van der Waals surface area contributed by atoms with E-state index in [1.807, 2.05) is 18.2 Å². The van der Waals surface area contributed by atoms with Gasteiger partial charge in [0.05, 0.1) is 18.5 Å². The zero-order valence-corrected chi connectivity index (χ0v) is 21.2. The number of hydrogen-bond donors (Lipinski definition) is 0. The minimum absolute atomic E-state index is 0.0112. The average molecular weight is 487 g/mol. The van der Waals surface area contributed by atoms with Gasteiger partial charge < -0.3 is 4.74 Å². The Morgan fingerprint density at radius 1 is 0.938 bits per heavy atom. The number of esters is 1. The van der Waals surface area contributed by atoms with Crippen molar-refractivity contribution in [3.63, 3.8) is 0 Å². The molecule has 0 aliphatic rings. The first kappa shape index (κ1) is 24.2. The predicted molar refractivity (Wildman–Crippen MR) is 132 cm³/mol. The first-order chi connectivity index (χ1) is 15.0. The standard InChI is InChI=1S/C25H27ClO4SSi/c1-18(32(3,4)23-11-6-5-7-12-23)24(19-13-15-22(16-14-19)31(2,28)29)30-25(27)20-9-8-10-21(26)17-20/h5-18,24H,1-4H3. The minimum atomic E-state index is -3.32. The summed E-state index contributed by atoms with van der Waals surface area (Å²) in [6.07, 6.45) is 0.629. The average Bonchev–Trinajstić information content (AvgIpc) is 2.77. The van der Waals surface area contributed by atoms with Gasteiger partial charge in [-0.1, -0.05) is 85.3 Å². The SMILES string of the molecule is CC(C(OC(=O)c1cccc(Cl)c1)c1ccc(S(C)(=O)=O)cc1)[Si](C)(C)c1ccccc1. The summed E-state index contributed by atoms with van der Waals surface area (Å²) < 4.78 is 29.9. The maximum atomic E-state index is 13.0. The lowest BCUT2D eigenvalue weighted by Gasteiger charge is -2.36. The van der Waals surface area contributed by atoms with E-state index in [-0.39, 0.29) is 10.4 Å². The molecule has 32 heavy (non-hydrogen) atoms. The summed E-state index contributed by atoms with van der Waals surface area (Å²) in [5, 5.41) is 1.71. The second-order valence-electron chi connectivity index (χ2n) is 8.55. The van der Waals surface area contributed by atoms with Crippen LogP contribution in [-0.2, 0) is 14.6 Å². The third kappa shape index (κ3) is 5.49. The third-order valence-electron chi connectivity index (χ3n) is 6.04. The molecule has 3 aromatic carbocycles. The molecule has 0 aliphatic heterocycles. The molecule has 2 unspecified atom stereocenters. The zero-order chi connectivity index (χ0) is 23.5. The van der Waals surface area contributed by atoms with Gasteiger partial charge in [-0.2, -0.15) is 0 Å². The molecule has 3 rings (SSSR count). The van der Waals surface area contributed by atoms with E-state index in [9.17, 15) is 13.2 Å². The van der Waals surface area contributed by atoms with Crippen LogP contribution in [-0.4, -0.2) is 28.7 Å². The fourth-order valence-electron chi connectivity index (χ4n) is 3.67. The molecule has 0 saturated carbocycles. The fourth-order valence-corrected chi connectivity index (χ4v) is 7.09. The summed E-state index contributed by atoms with van der Waals surface area (Å²) in [6, 6.07) is 23.5. The highest BCUT2D eigenvalue weighted by atomic mass is 35.5. The molecule has 0 spiro atoms. The molecular weight excluding hydrogens is 460 g/mol. The summed E-state index contributed by atoms with van der Waals surface area (Å²) in [4.78, 5) is 13.2. The molecule has 0 saturated heterocycles. The lowest BCUT2D eigenvalue weighted by Crippen LogP contribution is -2.47. The molecule has 0 heterocycles. The van der Waals surface area contributed by atoms with E-state index < -0.39 is 30.0 Å². The van der Waals surface area contributed by atoms with Crippen LogP contribution in [0.1, 0.15) is 28.9 Å². The van der Waals surface area contributed by atoms with Gasteiger partial charge in [-0.05, 0) is 41.4 Å². The highest BCUT2D eigenvalue weighted by Gasteiger charge is 2.38. The molecule has 0 amide bonds. The van der Waals surface area contributed by atoms with Crippen LogP contribution in [0.2, 0.25) is 23.7 Å². The molecule has 0 radical (unpaired) electrons. The Balaban J connectivity index is 2.01. The van der Waals surface area contributed by atoms with Crippen molar-refractivity contribution in [2.24, 2.45) is 0 Å². The fraction of sp³-hybridized carbons (Fsp3) is 0.240. The predicted octanol–water partition coefficient (Wildman–Crippen LogP) is 5.65. The molecule has 0 aromatic heterocycles.